The maximum Gasteiger partial charge on any atom is 0.241 e. The van der Waals surface area contributed by atoms with Crippen molar-refractivity contribution in [3.05, 3.63) is 34.4 Å². The summed E-state index contributed by atoms with van der Waals surface area (Å²) in [5.41, 5.74) is 14.4. The lowest BCUT2D eigenvalue weighted by atomic mass is 9.92. The Kier molecular flexibility index (Phi) is 6.74. The van der Waals surface area contributed by atoms with E-state index in [-0.39, 0.29) is 23.4 Å². The smallest absolute Gasteiger partial charge is 0.241 e. The third kappa shape index (κ3) is 4.79. The first-order valence-electron chi connectivity index (χ1n) is 9.05. The Hall–Kier alpha value is -1.54. The van der Waals surface area contributed by atoms with Crippen LogP contribution in [-0.2, 0) is 16.6 Å². The fourth-order valence-electron chi connectivity index (χ4n) is 2.83. The van der Waals surface area contributed by atoms with Gasteiger partial charge in [-0.1, -0.05) is 26.0 Å². The van der Waals surface area contributed by atoms with E-state index in [0.717, 1.165) is 18.4 Å². The van der Waals surface area contributed by atoms with Gasteiger partial charge in [-0.05, 0) is 48.8 Å². The van der Waals surface area contributed by atoms with Gasteiger partial charge in [-0.3, -0.25) is 0 Å². The minimum absolute atomic E-state index is 0.165. The number of nitrogens with one attached hydrogen (secondary N) is 2. The number of rotatable bonds is 9. The van der Waals surface area contributed by atoms with Gasteiger partial charge in [-0.15, -0.1) is 0 Å². The van der Waals surface area contributed by atoms with Crippen LogP contribution in [0.2, 0.25) is 0 Å². The van der Waals surface area contributed by atoms with Crippen molar-refractivity contribution in [3.8, 4) is 0 Å². The fourth-order valence-corrected chi connectivity index (χ4v) is 4.28. The Morgan fingerprint density at radius 3 is 2.42 bits per heavy atom. The minimum atomic E-state index is -3.73. The zero-order valence-corrected chi connectivity index (χ0v) is 16.6. The second-order valence-corrected chi connectivity index (χ2v) is 9.08. The van der Waals surface area contributed by atoms with Gasteiger partial charge in [0.25, 0.3) is 0 Å². The number of allylic oxidation sites excluding steroid dienone is 1. The van der Waals surface area contributed by atoms with Gasteiger partial charge in [0, 0.05) is 36.5 Å². The summed E-state index contributed by atoms with van der Waals surface area (Å²) in [6.07, 6.45) is 7.27. The lowest BCUT2D eigenvalue weighted by molar-refractivity contribution is 0.559. The second-order valence-electron chi connectivity index (χ2n) is 7.35. The Morgan fingerprint density at radius 2 is 1.96 bits per heavy atom. The predicted octanol–water partition coefficient (Wildman–Crippen LogP) is 2.52. The van der Waals surface area contributed by atoms with Crippen molar-refractivity contribution in [2.45, 2.75) is 51.1 Å². The molecule has 0 heterocycles. The highest BCUT2D eigenvalue weighted by molar-refractivity contribution is 7.89. The van der Waals surface area contributed by atoms with Gasteiger partial charge in [0.15, 0.2) is 0 Å². The molecule has 0 spiro atoms. The van der Waals surface area contributed by atoms with E-state index < -0.39 is 10.0 Å². The maximum atomic E-state index is 13.0. The van der Waals surface area contributed by atoms with Crippen molar-refractivity contribution in [1.29, 1.82) is 5.41 Å². The summed E-state index contributed by atoms with van der Waals surface area (Å²) < 4.78 is 28.6. The van der Waals surface area contributed by atoms with Crippen molar-refractivity contribution >= 4 is 22.3 Å². The molecule has 6 nitrogen and oxygen atoms in total. The summed E-state index contributed by atoms with van der Waals surface area (Å²) in [7, 11) is -3.73. The summed E-state index contributed by atoms with van der Waals surface area (Å²) >= 11 is 0. The van der Waals surface area contributed by atoms with E-state index in [1.807, 2.05) is 26.0 Å². The molecule has 0 unspecified atom stereocenters. The molecule has 0 bridgehead atoms. The minimum Gasteiger partial charge on any atom is -0.326 e. The van der Waals surface area contributed by atoms with Crippen LogP contribution in [0.15, 0.2) is 17.0 Å². The first-order chi connectivity index (χ1) is 12.2. The van der Waals surface area contributed by atoms with E-state index in [0.29, 0.717) is 29.2 Å². The Morgan fingerprint density at radius 1 is 1.31 bits per heavy atom. The van der Waals surface area contributed by atoms with Crippen molar-refractivity contribution < 1.29 is 8.42 Å². The molecule has 26 heavy (non-hydrogen) atoms. The lowest BCUT2D eigenvalue weighted by Crippen LogP contribution is -2.29. The van der Waals surface area contributed by atoms with Gasteiger partial charge in [0.1, 0.15) is 0 Å². The molecule has 1 atom stereocenters. The van der Waals surface area contributed by atoms with Crippen LogP contribution in [0.25, 0.3) is 6.08 Å². The average Bonchev–Trinajstić information content (AvgIpc) is 3.40. The zero-order chi connectivity index (χ0) is 19.5. The highest BCUT2D eigenvalue weighted by Gasteiger charge is 2.25. The van der Waals surface area contributed by atoms with Gasteiger partial charge in [-0.25, -0.2) is 13.1 Å². The summed E-state index contributed by atoms with van der Waals surface area (Å²) in [4.78, 5) is 0.165. The number of benzene rings is 1. The van der Waals surface area contributed by atoms with Crippen LogP contribution in [0.3, 0.4) is 0 Å². The standard InChI is InChI=1S/C19H30N4O2S/c1-12(2)11-23-26(24,25)19-8-16(13(3)22)18(10-21)17(9-20)15(19)7-6-14-4-5-14/h6-9,12-14,20,23H,4-5,10-11,21-22H2,1-3H3/b7-6+,20-9?/t13-/m0/s1. The fraction of sp³-hybridized carbons (Fsp3) is 0.526. The Labute approximate surface area is 156 Å². The summed E-state index contributed by atoms with van der Waals surface area (Å²) in [5.74, 6) is 0.677. The van der Waals surface area contributed by atoms with Crippen LogP contribution in [0, 0.1) is 17.2 Å². The molecule has 1 saturated carbocycles. The van der Waals surface area contributed by atoms with Gasteiger partial charge < -0.3 is 16.9 Å². The van der Waals surface area contributed by atoms with Crippen LogP contribution < -0.4 is 16.2 Å². The van der Waals surface area contributed by atoms with Crippen molar-refractivity contribution in [2.24, 2.45) is 23.3 Å². The molecular formula is C19H30N4O2S. The van der Waals surface area contributed by atoms with E-state index in [2.05, 4.69) is 4.72 Å². The Bertz CT molecular complexity index is 794. The maximum absolute atomic E-state index is 13.0. The van der Waals surface area contributed by atoms with E-state index in [1.54, 1.807) is 13.0 Å². The first-order valence-corrected chi connectivity index (χ1v) is 10.5. The molecule has 1 aliphatic carbocycles. The van der Waals surface area contributed by atoms with Gasteiger partial charge >= 0.3 is 0 Å². The van der Waals surface area contributed by atoms with Crippen LogP contribution in [0.5, 0.6) is 0 Å². The van der Waals surface area contributed by atoms with Crippen molar-refractivity contribution in [3.63, 3.8) is 0 Å². The molecule has 2 rings (SSSR count). The zero-order valence-electron chi connectivity index (χ0n) is 15.7. The third-order valence-corrected chi connectivity index (χ3v) is 5.95. The summed E-state index contributed by atoms with van der Waals surface area (Å²) in [6.45, 7) is 6.24. The van der Waals surface area contributed by atoms with Gasteiger partial charge in [-0.2, -0.15) is 0 Å². The molecule has 0 saturated heterocycles. The van der Waals surface area contributed by atoms with Gasteiger partial charge in [0.2, 0.25) is 10.0 Å². The van der Waals surface area contributed by atoms with Crippen LogP contribution in [-0.4, -0.2) is 21.2 Å². The topological polar surface area (TPSA) is 122 Å². The third-order valence-electron chi connectivity index (χ3n) is 4.48. The number of sulfonamides is 1. The summed E-state index contributed by atoms with van der Waals surface area (Å²) in [6, 6.07) is 1.24. The van der Waals surface area contributed by atoms with E-state index in [1.165, 1.54) is 6.21 Å². The molecule has 0 radical (unpaired) electrons. The van der Waals surface area contributed by atoms with Gasteiger partial charge in [0.05, 0.1) is 4.90 Å². The molecule has 1 aromatic carbocycles. The lowest BCUT2D eigenvalue weighted by Gasteiger charge is -2.20. The molecular weight excluding hydrogens is 348 g/mol. The molecule has 1 aliphatic rings. The highest BCUT2D eigenvalue weighted by Crippen LogP contribution is 2.34. The normalized spacial score (nSPS) is 16.4. The monoisotopic (exact) mass is 378 g/mol. The quantitative estimate of drug-likeness (QED) is 0.493. The largest absolute Gasteiger partial charge is 0.326 e. The molecule has 0 amide bonds. The molecule has 144 valence electrons. The highest BCUT2D eigenvalue weighted by atomic mass is 32.2. The van der Waals surface area contributed by atoms with E-state index in [9.17, 15) is 8.42 Å². The van der Waals surface area contributed by atoms with E-state index in [4.69, 9.17) is 16.9 Å². The van der Waals surface area contributed by atoms with Crippen LogP contribution in [0.4, 0.5) is 0 Å². The predicted molar refractivity (Wildman–Crippen MR) is 107 cm³/mol. The van der Waals surface area contributed by atoms with Crippen LogP contribution in [0.1, 0.15) is 61.9 Å². The molecule has 1 fully saturated rings. The molecule has 1 aromatic rings. The van der Waals surface area contributed by atoms with Crippen molar-refractivity contribution in [1.82, 2.24) is 4.72 Å². The molecule has 0 aliphatic heterocycles. The number of nitrogens with two attached hydrogens (primary N) is 2. The molecule has 6 N–H and O–H groups in total. The number of hydrogen-bond donors (Lipinski definition) is 4. The Balaban J connectivity index is 2.69. The number of hydrogen-bond acceptors (Lipinski definition) is 5. The average molecular weight is 379 g/mol. The second kappa shape index (κ2) is 8.43. The molecule has 7 heteroatoms. The molecule has 0 aromatic heterocycles. The van der Waals surface area contributed by atoms with Crippen LogP contribution >= 0.6 is 0 Å². The SMILES string of the molecule is CC(C)CNS(=O)(=O)c1cc([C@H](C)N)c(CN)c(C=N)c1/C=C/C1CC1. The summed E-state index contributed by atoms with van der Waals surface area (Å²) in [5, 5.41) is 7.87. The first kappa shape index (κ1) is 20.8. The van der Waals surface area contributed by atoms with Crippen molar-refractivity contribution in [2.75, 3.05) is 6.54 Å². The van der Waals surface area contributed by atoms with E-state index >= 15 is 0 Å².